The molecule has 2 saturated heterocycles. The molecule has 4 nitrogen and oxygen atoms in total. The molecule has 3 aliphatic rings. The number of hydrogen-bond donors (Lipinski definition) is 1. The zero-order valence-corrected chi connectivity index (χ0v) is 14.2. The second-order valence-corrected chi connectivity index (χ2v) is 7.13. The highest BCUT2D eigenvalue weighted by atomic mass is 19.2. The van der Waals surface area contributed by atoms with E-state index in [1.807, 2.05) is 13.8 Å². The smallest absolute Gasteiger partial charge is 0.120 e. The van der Waals surface area contributed by atoms with Crippen LogP contribution >= 0.6 is 0 Å². The van der Waals surface area contributed by atoms with Crippen LogP contribution in [0.2, 0.25) is 0 Å². The molecule has 1 aliphatic carbocycles. The van der Waals surface area contributed by atoms with E-state index in [-0.39, 0.29) is 17.4 Å². The number of rotatable bonds is 4. The Morgan fingerprint density at radius 3 is 2.09 bits per heavy atom. The van der Waals surface area contributed by atoms with Crippen molar-refractivity contribution >= 4 is 15.7 Å². The maximum Gasteiger partial charge on any atom is 0.120 e. The molecule has 2 aliphatic heterocycles. The van der Waals surface area contributed by atoms with Gasteiger partial charge in [0.1, 0.15) is 15.7 Å². The van der Waals surface area contributed by atoms with Crippen molar-refractivity contribution in [2.45, 2.75) is 51.1 Å². The van der Waals surface area contributed by atoms with Gasteiger partial charge in [-0.1, -0.05) is 13.8 Å². The second-order valence-electron chi connectivity index (χ2n) is 7.13. The fourth-order valence-corrected chi connectivity index (χ4v) is 4.05. The molecule has 4 radical (unpaired) electrons. The van der Waals surface area contributed by atoms with E-state index >= 15 is 0 Å². The molecule has 128 valence electrons. The second kappa shape index (κ2) is 7.38. The first-order valence-corrected chi connectivity index (χ1v) is 8.66. The summed E-state index contributed by atoms with van der Waals surface area (Å²) in [6.45, 7) is 6.32. The van der Waals surface area contributed by atoms with Gasteiger partial charge in [-0.05, 0) is 31.6 Å². The van der Waals surface area contributed by atoms with Crippen LogP contribution in [0, 0.1) is 11.3 Å². The molecule has 2 heterocycles. The summed E-state index contributed by atoms with van der Waals surface area (Å²) >= 11 is 0. The molecule has 1 saturated carbocycles. The molecular formula is C15H27B2F2N3O. The Balaban J connectivity index is 0.000000924. The maximum absolute atomic E-state index is 13.0. The third-order valence-corrected chi connectivity index (χ3v) is 5.27. The van der Waals surface area contributed by atoms with Gasteiger partial charge in [0, 0.05) is 49.7 Å². The van der Waals surface area contributed by atoms with Crippen LogP contribution in [0.4, 0.5) is 8.96 Å². The van der Waals surface area contributed by atoms with Crippen LogP contribution in [0.15, 0.2) is 0 Å². The quantitative estimate of drug-likeness (QED) is 0.478. The van der Waals surface area contributed by atoms with Gasteiger partial charge in [0.25, 0.3) is 0 Å². The highest BCUT2D eigenvalue weighted by molar-refractivity contribution is 6.38. The van der Waals surface area contributed by atoms with Crippen LogP contribution in [-0.2, 0) is 0 Å². The largest absolute Gasteiger partial charge is 0.395 e. The van der Waals surface area contributed by atoms with Crippen molar-refractivity contribution in [3.05, 3.63) is 0 Å². The summed E-state index contributed by atoms with van der Waals surface area (Å²) < 4.78 is 25.9. The van der Waals surface area contributed by atoms with E-state index in [1.165, 1.54) is 0 Å². The monoisotopic (exact) mass is 325 g/mol. The summed E-state index contributed by atoms with van der Waals surface area (Å²) in [5, 5.41) is 11.7. The van der Waals surface area contributed by atoms with Gasteiger partial charge in [-0.2, -0.15) is 0 Å². The minimum absolute atomic E-state index is 0.0468. The molecule has 0 bridgehead atoms. The molecule has 0 amide bonds. The lowest BCUT2D eigenvalue weighted by Gasteiger charge is -2.60. The standard InChI is InChI=1S/C13H21B2F2N3O.C2H6/c14-13(15,21)20(7-10-1-3-18(16)4-2-10)11-5-12(6-11)8-19(17)9-12;1-2/h10-11,21H,1-9H2;1-2H3. The van der Waals surface area contributed by atoms with Crippen LogP contribution in [0.3, 0.4) is 0 Å². The third-order valence-electron chi connectivity index (χ3n) is 5.27. The summed E-state index contributed by atoms with van der Waals surface area (Å²) in [5.41, 5.74) is -1.82. The molecule has 3 fully saturated rings. The average molecular weight is 325 g/mol. The zero-order chi connectivity index (χ0) is 17.3. The van der Waals surface area contributed by atoms with Crippen LogP contribution in [0.25, 0.3) is 0 Å². The Morgan fingerprint density at radius 2 is 1.65 bits per heavy atom. The number of halogens is 2. The van der Waals surface area contributed by atoms with E-state index in [2.05, 4.69) is 0 Å². The highest BCUT2D eigenvalue weighted by Gasteiger charge is 2.55. The van der Waals surface area contributed by atoms with E-state index in [1.54, 1.807) is 4.90 Å². The molecular weight excluding hydrogens is 298 g/mol. The van der Waals surface area contributed by atoms with Crippen molar-refractivity contribution in [3.8, 4) is 0 Å². The van der Waals surface area contributed by atoms with Crippen molar-refractivity contribution in [1.82, 2.24) is 15.1 Å². The van der Waals surface area contributed by atoms with E-state index in [0.717, 1.165) is 35.9 Å². The molecule has 1 N–H and O–H groups in total. The van der Waals surface area contributed by atoms with Crippen LogP contribution in [0.5, 0.6) is 0 Å². The Labute approximate surface area is 140 Å². The van der Waals surface area contributed by atoms with Crippen molar-refractivity contribution in [2.75, 3.05) is 32.7 Å². The number of hydrogen-bond acceptors (Lipinski definition) is 4. The van der Waals surface area contributed by atoms with Gasteiger partial charge in [-0.15, -0.1) is 19.2 Å². The Morgan fingerprint density at radius 1 is 1.13 bits per heavy atom. The summed E-state index contributed by atoms with van der Waals surface area (Å²) in [6, 6.07) is 0.0853. The molecule has 8 heteroatoms. The first kappa shape index (κ1) is 19.2. The van der Waals surface area contributed by atoms with Crippen molar-refractivity contribution in [1.29, 1.82) is 0 Å². The lowest BCUT2D eigenvalue weighted by molar-refractivity contribution is -0.201. The highest BCUT2D eigenvalue weighted by Crippen LogP contribution is 2.51. The lowest BCUT2D eigenvalue weighted by Crippen LogP contribution is -2.68. The van der Waals surface area contributed by atoms with E-state index in [4.69, 9.17) is 15.7 Å². The fourth-order valence-electron chi connectivity index (χ4n) is 4.05. The summed E-state index contributed by atoms with van der Waals surface area (Å²) in [4.78, 5) is 1.72. The average Bonchev–Trinajstić information content (AvgIpc) is 2.42. The van der Waals surface area contributed by atoms with Crippen molar-refractivity contribution in [3.63, 3.8) is 0 Å². The first-order valence-electron chi connectivity index (χ1n) is 8.66. The minimum atomic E-state index is -1.86. The maximum atomic E-state index is 13.0. The topological polar surface area (TPSA) is 30.0 Å². The Kier molecular flexibility index (Phi) is 6.15. The Bertz CT molecular complexity index is 375. The van der Waals surface area contributed by atoms with Gasteiger partial charge in [0.05, 0.1) is 0 Å². The van der Waals surface area contributed by atoms with Crippen LogP contribution in [0.1, 0.15) is 39.5 Å². The van der Waals surface area contributed by atoms with Crippen molar-refractivity contribution < 1.29 is 14.1 Å². The van der Waals surface area contributed by atoms with Crippen LogP contribution < -0.4 is 0 Å². The van der Waals surface area contributed by atoms with Crippen LogP contribution in [-0.4, -0.2) is 80.2 Å². The number of nitrogens with zero attached hydrogens (tertiary/aromatic N) is 3. The Hall–Kier alpha value is -0.170. The molecule has 23 heavy (non-hydrogen) atoms. The van der Waals surface area contributed by atoms with Gasteiger partial charge in [-0.3, -0.25) is 4.90 Å². The predicted octanol–water partition coefficient (Wildman–Crippen LogP) is 1.20. The van der Waals surface area contributed by atoms with Gasteiger partial charge >= 0.3 is 0 Å². The summed E-state index contributed by atoms with van der Waals surface area (Å²) in [7, 11) is 11.4. The van der Waals surface area contributed by atoms with Gasteiger partial charge < -0.3 is 5.11 Å². The molecule has 0 aromatic rings. The summed E-state index contributed by atoms with van der Waals surface area (Å²) in [6.07, 6.45) is 3.09. The fraction of sp³-hybridized carbons (Fsp3) is 1.00. The molecule has 0 unspecified atom stereocenters. The van der Waals surface area contributed by atoms with Gasteiger partial charge in [-0.25, -0.2) is 0 Å². The molecule has 1 spiro atoms. The first-order chi connectivity index (χ1) is 10.8. The van der Waals surface area contributed by atoms with E-state index < -0.39 is 5.52 Å². The SMILES string of the molecule is CC.[B]C([B])(O)N(CC1CCN(F)CC1)C1CC2(C1)CN(F)C2. The third kappa shape index (κ3) is 4.47. The van der Waals surface area contributed by atoms with Gasteiger partial charge in [0.2, 0.25) is 0 Å². The van der Waals surface area contributed by atoms with E-state index in [9.17, 15) is 14.1 Å². The normalized spacial score (nSPS) is 26.5. The van der Waals surface area contributed by atoms with Gasteiger partial charge in [0.15, 0.2) is 0 Å². The summed E-state index contributed by atoms with van der Waals surface area (Å²) in [5.74, 6) is 0.284. The molecule has 0 atom stereocenters. The zero-order valence-electron chi connectivity index (χ0n) is 14.2. The molecule has 3 rings (SSSR count). The molecule has 0 aromatic heterocycles. The molecule has 0 aromatic carbocycles. The lowest BCUT2D eigenvalue weighted by atomic mass is 9.59. The van der Waals surface area contributed by atoms with Crippen molar-refractivity contribution in [2.24, 2.45) is 11.3 Å². The number of aliphatic hydroxyl groups is 1. The minimum Gasteiger partial charge on any atom is -0.395 e. The van der Waals surface area contributed by atoms with E-state index in [0.29, 0.717) is 32.7 Å². The predicted molar refractivity (Wildman–Crippen MR) is 88.1 cm³/mol. The number of piperidine rings is 1.